The molecule has 4 bridgehead atoms. The summed E-state index contributed by atoms with van der Waals surface area (Å²) in [4.78, 5) is 16.4. The molecule has 0 amide bonds. The highest BCUT2D eigenvalue weighted by atomic mass is 16.7. The summed E-state index contributed by atoms with van der Waals surface area (Å²) in [5.41, 5.74) is 1.14. The summed E-state index contributed by atoms with van der Waals surface area (Å²) in [5, 5.41) is 0. The number of hydrogen-bond donors (Lipinski definition) is 2. The molecule has 1 aromatic carbocycles. The zero-order chi connectivity index (χ0) is 16.5. The predicted molar refractivity (Wildman–Crippen MR) is 87.2 cm³/mol. The smallest absolute Gasteiger partial charge is 0.240 e. The summed E-state index contributed by atoms with van der Waals surface area (Å²) in [5.74, 6) is 2.29. The largest absolute Gasteiger partial charge is 0.454 e. The third-order valence-electron chi connectivity index (χ3n) is 7.13. The first-order valence-corrected chi connectivity index (χ1v) is 9.24. The monoisotopic (exact) mass is 330 g/mol. The average Bonchev–Trinajstić information content (AvgIpc) is 3.06. The van der Waals surface area contributed by atoms with Crippen LogP contribution in [-0.4, -0.2) is 38.8 Å². The van der Waals surface area contributed by atoms with E-state index < -0.39 is 0 Å². The lowest BCUT2D eigenvalue weighted by molar-refractivity contribution is -1.18. The lowest BCUT2D eigenvalue weighted by atomic mass is 9.58. The van der Waals surface area contributed by atoms with Gasteiger partial charge in [-0.3, -0.25) is 14.6 Å². The van der Waals surface area contributed by atoms with Crippen LogP contribution >= 0.6 is 0 Å². The molecule has 4 fully saturated rings. The zero-order valence-electron chi connectivity index (χ0n) is 14.5. The molecule has 0 aliphatic carbocycles. The second-order valence-electron chi connectivity index (χ2n) is 8.17. The first kappa shape index (κ1) is 14.7. The van der Waals surface area contributed by atoms with Crippen LogP contribution in [0.5, 0.6) is 11.5 Å². The van der Waals surface area contributed by atoms with Gasteiger partial charge >= 0.3 is 0 Å². The van der Waals surface area contributed by atoms with Crippen LogP contribution in [-0.2, 0) is 4.79 Å². The van der Waals surface area contributed by atoms with Gasteiger partial charge in [-0.05, 0) is 31.0 Å². The quantitative estimate of drug-likeness (QED) is 0.792. The number of ether oxygens (including phenoxy) is 2. The molecular formula is C19H26N2O3+2. The Balaban J connectivity index is 1.55. The number of fused-ring (bicyclic) bond motifs is 1. The number of piperidine rings is 2. The van der Waals surface area contributed by atoms with E-state index in [1.807, 2.05) is 6.07 Å². The Morgan fingerprint density at radius 1 is 1.00 bits per heavy atom. The minimum absolute atomic E-state index is 0.0932. The van der Waals surface area contributed by atoms with E-state index in [0.29, 0.717) is 18.7 Å². The molecule has 0 spiro atoms. The number of rotatable bonds is 3. The lowest BCUT2D eigenvalue weighted by Crippen LogP contribution is -3.41. The number of ketones is 1. The van der Waals surface area contributed by atoms with E-state index in [1.54, 1.807) is 9.80 Å². The van der Waals surface area contributed by atoms with Crippen molar-refractivity contribution >= 4 is 5.78 Å². The van der Waals surface area contributed by atoms with Crippen LogP contribution in [0, 0.1) is 10.8 Å². The SMILES string of the molecule is CCC12C[NH+]3CC(CC)(C[NH+](C1)C3c1ccc3c(c1)OCO3)C2=O. The van der Waals surface area contributed by atoms with Gasteiger partial charge in [0.2, 0.25) is 13.0 Å². The minimum atomic E-state index is -0.0932. The van der Waals surface area contributed by atoms with E-state index in [4.69, 9.17) is 9.47 Å². The highest BCUT2D eigenvalue weighted by Gasteiger charge is 2.70. The van der Waals surface area contributed by atoms with Gasteiger partial charge in [0.25, 0.3) is 0 Å². The first-order chi connectivity index (χ1) is 11.6. The van der Waals surface area contributed by atoms with E-state index in [9.17, 15) is 4.79 Å². The van der Waals surface area contributed by atoms with Crippen LogP contribution in [0.3, 0.4) is 0 Å². The predicted octanol–water partition coefficient (Wildman–Crippen LogP) is -0.414. The average molecular weight is 330 g/mol. The summed E-state index contributed by atoms with van der Waals surface area (Å²) in [7, 11) is 0. The molecule has 0 aromatic heterocycles. The maximum absolute atomic E-state index is 13.2. The molecule has 0 unspecified atom stereocenters. The van der Waals surface area contributed by atoms with Crippen LogP contribution in [0.15, 0.2) is 18.2 Å². The number of benzene rings is 1. The van der Waals surface area contributed by atoms with Gasteiger partial charge in [0.05, 0.1) is 5.56 Å². The third-order valence-corrected chi connectivity index (χ3v) is 7.13. The zero-order valence-corrected chi connectivity index (χ0v) is 14.5. The van der Waals surface area contributed by atoms with Crippen molar-refractivity contribution < 1.29 is 24.1 Å². The molecule has 5 heterocycles. The Labute approximate surface area is 142 Å². The van der Waals surface area contributed by atoms with E-state index in [2.05, 4.69) is 26.0 Å². The Hall–Kier alpha value is -1.59. The van der Waals surface area contributed by atoms with E-state index in [-0.39, 0.29) is 10.8 Å². The van der Waals surface area contributed by atoms with E-state index >= 15 is 0 Å². The van der Waals surface area contributed by atoms with Gasteiger partial charge < -0.3 is 9.47 Å². The van der Waals surface area contributed by atoms with Crippen molar-refractivity contribution in [3.05, 3.63) is 23.8 Å². The van der Waals surface area contributed by atoms with Crippen molar-refractivity contribution in [3.63, 3.8) is 0 Å². The van der Waals surface area contributed by atoms with Gasteiger partial charge in [0.15, 0.2) is 17.3 Å². The van der Waals surface area contributed by atoms with Gasteiger partial charge in [-0.2, -0.15) is 0 Å². The summed E-state index contributed by atoms with van der Waals surface area (Å²) >= 11 is 0. The van der Waals surface area contributed by atoms with Crippen LogP contribution in [0.1, 0.15) is 38.4 Å². The van der Waals surface area contributed by atoms with Gasteiger partial charge in [0, 0.05) is 0 Å². The Morgan fingerprint density at radius 2 is 1.58 bits per heavy atom. The normalized spacial score (nSPS) is 41.9. The Morgan fingerprint density at radius 3 is 2.17 bits per heavy atom. The van der Waals surface area contributed by atoms with E-state index in [0.717, 1.165) is 50.5 Å². The van der Waals surface area contributed by atoms with Gasteiger partial charge in [-0.25, -0.2) is 0 Å². The molecular weight excluding hydrogens is 304 g/mol. The molecule has 5 aliphatic heterocycles. The molecule has 5 heteroatoms. The second kappa shape index (κ2) is 4.73. The Kier molecular flexibility index (Phi) is 2.90. The standard InChI is InChI=1S/C19H24N2O3/c1-3-18-8-20-10-19(4-2,17(18)22)11-21(9-18)16(20)13-5-6-14-15(7-13)24-12-23-14/h5-7,16H,3-4,8-12H2,1-2H3/p+2. The molecule has 2 N–H and O–H groups in total. The van der Waals surface area contributed by atoms with Crippen molar-refractivity contribution in [1.82, 2.24) is 0 Å². The Bertz CT molecular complexity index is 675. The summed E-state index contributed by atoms with van der Waals surface area (Å²) in [6, 6.07) is 6.40. The fraction of sp³-hybridized carbons (Fsp3) is 0.632. The number of carbonyl (C=O) groups excluding carboxylic acids is 1. The van der Waals surface area contributed by atoms with Crippen molar-refractivity contribution in [1.29, 1.82) is 0 Å². The van der Waals surface area contributed by atoms with Crippen LogP contribution in [0.2, 0.25) is 0 Å². The molecule has 0 radical (unpaired) electrons. The number of nitrogens with one attached hydrogen (secondary N) is 2. The molecule has 0 atom stereocenters. The summed E-state index contributed by atoms with van der Waals surface area (Å²) in [6.07, 6.45) is 2.38. The second-order valence-corrected chi connectivity index (χ2v) is 8.17. The third kappa shape index (κ3) is 1.69. The maximum atomic E-state index is 13.2. The topological polar surface area (TPSA) is 44.4 Å². The molecule has 6 rings (SSSR count). The van der Waals surface area contributed by atoms with Crippen molar-refractivity contribution in [2.75, 3.05) is 33.0 Å². The molecule has 24 heavy (non-hydrogen) atoms. The first-order valence-electron chi connectivity index (χ1n) is 9.24. The molecule has 1 aromatic rings. The fourth-order valence-corrected chi connectivity index (χ4v) is 5.95. The molecule has 128 valence electrons. The maximum Gasteiger partial charge on any atom is 0.240 e. The van der Waals surface area contributed by atoms with Gasteiger partial charge in [-0.15, -0.1) is 0 Å². The van der Waals surface area contributed by atoms with Crippen molar-refractivity contribution in [2.45, 2.75) is 32.9 Å². The molecule has 5 nitrogen and oxygen atoms in total. The van der Waals surface area contributed by atoms with Crippen molar-refractivity contribution in [3.8, 4) is 11.5 Å². The van der Waals surface area contributed by atoms with Crippen LogP contribution in [0.4, 0.5) is 0 Å². The number of Topliss-reactive ketones (excluding diaryl/α,β-unsaturated/α-hetero) is 1. The number of carbonyl (C=O) groups is 1. The lowest BCUT2D eigenvalue weighted by Gasteiger charge is -2.60. The summed E-state index contributed by atoms with van der Waals surface area (Å²) < 4.78 is 11.0. The number of hydrogen-bond acceptors (Lipinski definition) is 3. The highest BCUT2D eigenvalue weighted by Crippen LogP contribution is 2.41. The molecule has 0 saturated carbocycles. The fourth-order valence-electron chi connectivity index (χ4n) is 5.95. The van der Waals surface area contributed by atoms with Crippen molar-refractivity contribution in [2.24, 2.45) is 10.8 Å². The van der Waals surface area contributed by atoms with Gasteiger partial charge in [-0.1, -0.05) is 13.8 Å². The van der Waals surface area contributed by atoms with Gasteiger partial charge in [0.1, 0.15) is 37.0 Å². The molecule has 4 saturated heterocycles. The number of quaternary nitrogens is 2. The minimum Gasteiger partial charge on any atom is -0.454 e. The van der Waals surface area contributed by atoms with Crippen LogP contribution in [0.25, 0.3) is 0 Å². The van der Waals surface area contributed by atoms with E-state index in [1.165, 1.54) is 5.56 Å². The highest BCUT2D eigenvalue weighted by molar-refractivity contribution is 5.92. The summed E-state index contributed by atoms with van der Waals surface area (Å²) in [6.45, 7) is 8.69. The van der Waals surface area contributed by atoms with Crippen LogP contribution < -0.4 is 19.3 Å². The molecule has 5 aliphatic rings.